The van der Waals surface area contributed by atoms with Gasteiger partial charge in [0.15, 0.2) is 0 Å². The van der Waals surface area contributed by atoms with Crippen LogP contribution in [0.2, 0.25) is 0 Å². The molecule has 0 spiro atoms. The fraction of sp³-hybridized carbons (Fsp3) is 0.636. The molecule has 3 rings (SSSR count). The molecule has 1 saturated heterocycles. The van der Waals surface area contributed by atoms with Gasteiger partial charge < -0.3 is 9.64 Å². The van der Waals surface area contributed by atoms with E-state index in [2.05, 4.69) is 6.92 Å². The highest BCUT2D eigenvalue weighted by Crippen LogP contribution is 2.41. The Kier molecular flexibility index (Phi) is 7.22. The second kappa shape index (κ2) is 9.63. The molecule has 148 valence electrons. The number of benzene rings is 1. The van der Waals surface area contributed by atoms with E-state index in [0.717, 1.165) is 31.2 Å². The summed E-state index contributed by atoms with van der Waals surface area (Å²) in [4.78, 5) is 27.9. The number of carbonyl (C=O) groups excluding carboxylic acids is 2. The molecule has 1 aromatic rings. The Bertz CT molecular complexity index is 639. The fourth-order valence-corrected chi connectivity index (χ4v) is 5.63. The molecule has 2 aliphatic rings. The van der Waals surface area contributed by atoms with Crippen LogP contribution in [0.25, 0.3) is 0 Å². The summed E-state index contributed by atoms with van der Waals surface area (Å²) in [5, 5.41) is 0.0860. The molecule has 1 aliphatic heterocycles. The van der Waals surface area contributed by atoms with Crippen LogP contribution < -0.4 is 0 Å². The molecule has 4 nitrogen and oxygen atoms in total. The van der Waals surface area contributed by atoms with Crippen molar-refractivity contribution in [3.63, 3.8) is 0 Å². The molecule has 2 unspecified atom stereocenters. The van der Waals surface area contributed by atoms with Gasteiger partial charge in [-0.3, -0.25) is 4.79 Å². The summed E-state index contributed by atoms with van der Waals surface area (Å²) in [6.45, 7) is 4.53. The summed E-state index contributed by atoms with van der Waals surface area (Å²) >= 11 is 1.76. The van der Waals surface area contributed by atoms with Gasteiger partial charge in [0, 0.05) is 11.3 Å². The third-order valence-corrected chi connectivity index (χ3v) is 7.10. The van der Waals surface area contributed by atoms with Gasteiger partial charge in [0.25, 0.3) is 5.91 Å². The standard InChI is InChI=1S/C22H31NO3S/c1-3-4-14-26-22(25)19-15-27-21(18-8-6-5-7-9-18)23(19)20(24)17-12-10-16(2)11-13-17/h10-13,18-19,21H,3-9,14-15H2,1-2H3. The van der Waals surface area contributed by atoms with E-state index in [9.17, 15) is 9.59 Å². The second-order valence-electron chi connectivity index (χ2n) is 7.74. The van der Waals surface area contributed by atoms with Crippen molar-refractivity contribution in [1.29, 1.82) is 0 Å². The first-order valence-corrected chi connectivity index (χ1v) is 11.3. The van der Waals surface area contributed by atoms with Crippen LogP contribution in [0.1, 0.15) is 67.8 Å². The molecule has 1 amide bonds. The van der Waals surface area contributed by atoms with Gasteiger partial charge in [-0.05, 0) is 44.2 Å². The van der Waals surface area contributed by atoms with Crippen LogP contribution in [-0.2, 0) is 9.53 Å². The van der Waals surface area contributed by atoms with Crippen LogP contribution in [0.15, 0.2) is 24.3 Å². The van der Waals surface area contributed by atoms with Gasteiger partial charge in [0.2, 0.25) is 0 Å². The van der Waals surface area contributed by atoms with Crippen LogP contribution >= 0.6 is 11.8 Å². The Hall–Kier alpha value is -1.49. The number of rotatable bonds is 6. The molecule has 1 heterocycles. The predicted molar refractivity (Wildman–Crippen MR) is 110 cm³/mol. The Balaban J connectivity index is 1.80. The number of hydrogen-bond acceptors (Lipinski definition) is 4. The van der Waals surface area contributed by atoms with Crippen molar-refractivity contribution in [3.8, 4) is 0 Å². The third-order valence-electron chi connectivity index (χ3n) is 5.64. The molecular formula is C22H31NO3S. The van der Waals surface area contributed by atoms with E-state index in [4.69, 9.17) is 4.74 Å². The quantitative estimate of drug-likeness (QED) is 0.518. The molecule has 0 radical (unpaired) electrons. The summed E-state index contributed by atoms with van der Waals surface area (Å²) in [5.74, 6) is 0.846. The average molecular weight is 390 g/mol. The van der Waals surface area contributed by atoms with Gasteiger partial charge in [-0.1, -0.05) is 50.3 Å². The molecule has 1 aliphatic carbocycles. The van der Waals surface area contributed by atoms with Gasteiger partial charge in [0.1, 0.15) is 6.04 Å². The molecule has 2 fully saturated rings. The normalized spacial score (nSPS) is 23.4. The van der Waals surface area contributed by atoms with Crippen molar-refractivity contribution >= 4 is 23.6 Å². The maximum atomic E-state index is 13.4. The lowest BCUT2D eigenvalue weighted by Crippen LogP contribution is -2.48. The highest BCUT2D eigenvalue weighted by Gasteiger charge is 2.45. The van der Waals surface area contributed by atoms with E-state index in [-0.39, 0.29) is 17.3 Å². The maximum Gasteiger partial charge on any atom is 0.329 e. The molecule has 0 N–H and O–H groups in total. The average Bonchev–Trinajstić information content (AvgIpc) is 3.14. The van der Waals surface area contributed by atoms with Crippen LogP contribution in [-0.4, -0.2) is 40.6 Å². The molecule has 5 heteroatoms. The SMILES string of the molecule is CCCCOC(=O)C1CSC(C2CCCCC2)N1C(=O)c1ccc(C)cc1. The van der Waals surface area contributed by atoms with Gasteiger partial charge >= 0.3 is 5.97 Å². The van der Waals surface area contributed by atoms with Crippen molar-refractivity contribution in [2.75, 3.05) is 12.4 Å². The van der Waals surface area contributed by atoms with Crippen molar-refractivity contribution in [3.05, 3.63) is 35.4 Å². The van der Waals surface area contributed by atoms with Gasteiger partial charge in [0.05, 0.1) is 12.0 Å². The smallest absolute Gasteiger partial charge is 0.329 e. The van der Waals surface area contributed by atoms with Crippen molar-refractivity contribution < 1.29 is 14.3 Å². The minimum Gasteiger partial charge on any atom is -0.464 e. The van der Waals surface area contributed by atoms with E-state index in [0.29, 0.717) is 23.8 Å². The maximum absolute atomic E-state index is 13.4. The van der Waals surface area contributed by atoms with Crippen LogP contribution in [0.3, 0.4) is 0 Å². The number of carbonyl (C=O) groups is 2. The van der Waals surface area contributed by atoms with Crippen molar-refractivity contribution in [1.82, 2.24) is 4.90 Å². The number of amides is 1. The minimum absolute atomic E-state index is 0.0342. The number of thioether (sulfide) groups is 1. The van der Waals surface area contributed by atoms with E-state index in [1.54, 1.807) is 11.8 Å². The number of aryl methyl sites for hydroxylation is 1. The summed E-state index contributed by atoms with van der Waals surface area (Å²) in [6, 6.07) is 7.20. The Morgan fingerprint density at radius 2 is 1.85 bits per heavy atom. The molecule has 2 atom stereocenters. The van der Waals surface area contributed by atoms with Gasteiger partial charge in [-0.15, -0.1) is 11.8 Å². The number of hydrogen-bond donors (Lipinski definition) is 0. The predicted octanol–water partition coefficient (Wildman–Crippen LogP) is 4.80. The summed E-state index contributed by atoms with van der Waals surface area (Å²) < 4.78 is 5.49. The molecule has 27 heavy (non-hydrogen) atoms. The molecular weight excluding hydrogens is 358 g/mol. The van der Waals surface area contributed by atoms with E-state index >= 15 is 0 Å². The summed E-state index contributed by atoms with van der Waals surface area (Å²) in [5.41, 5.74) is 1.79. The van der Waals surface area contributed by atoms with Crippen LogP contribution in [0.5, 0.6) is 0 Å². The molecule has 0 bridgehead atoms. The van der Waals surface area contributed by atoms with E-state index < -0.39 is 6.04 Å². The Morgan fingerprint density at radius 3 is 2.52 bits per heavy atom. The topological polar surface area (TPSA) is 46.6 Å². The van der Waals surface area contributed by atoms with Gasteiger partial charge in [-0.2, -0.15) is 0 Å². The van der Waals surface area contributed by atoms with Crippen LogP contribution in [0, 0.1) is 12.8 Å². The monoisotopic (exact) mass is 389 g/mol. The Labute approximate surface area is 167 Å². The lowest BCUT2D eigenvalue weighted by molar-refractivity contribution is -0.148. The molecule has 1 saturated carbocycles. The lowest BCUT2D eigenvalue weighted by atomic mass is 9.88. The van der Waals surface area contributed by atoms with Crippen molar-refractivity contribution in [2.24, 2.45) is 5.92 Å². The molecule has 1 aromatic carbocycles. The lowest BCUT2D eigenvalue weighted by Gasteiger charge is -2.35. The Morgan fingerprint density at radius 1 is 1.15 bits per heavy atom. The minimum atomic E-state index is -0.465. The third kappa shape index (κ3) is 4.87. The first kappa shape index (κ1) is 20.2. The van der Waals surface area contributed by atoms with Crippen LogP contribution in [0.4, 0.5) is 0 Å². The second-order valence-corrected chi connectivity index (χ2v) is 8.89. The zero-order chi connectivity index (χ0) is 19.2. The van der Waals surface area contributed by atoms with Gasteiger partial charge in [-0.25, -0.2) is 4.79 Å². The zero-order valence-corrected chi connectivity index (χ0v) is 17.3. The number of esters is 1. The summed E-state index contributed by atoms with van der Waals surface area (Å²) in [7, 11) is 0. The summed E-state index contributed by atoms with van der Waals surface area (Å²) in [6.07, 6.45) is 7.87. The largest absolute Gasteiger partial charge is 0.464 e. The van der Waals surface area contributed by atoms with E-state index in [1.165, 1.54) is 19.3 Å². The highest BCUT2D eigenvalue weighted by atomic mass is 32.2. The first-order valence-electron chi connectivity index (χ1n) is 10.3. The highest BCUT2D eigenvalue weighted by molar-refractivity contribution is 8.00. The zero-order valence-electron chi connectivity index (χ0n) is 16.5. The van der Waals surface area contributed by atoms with Crippen molar-refractivity contribution in [2.45, 2.75) is 70.2 Å². The fourth-order valence-electron chi connectivity index (χ4n) is 4.01. The van der Waals surface area contributed by atoms with E-state index in [1.807, 2.05) is 36.1 Å². The number of unbranched alkanes of at least 4 members (excludes halogenated alkanes) is 1. The first-order chi connectivity index (χ1) is 13.1. The molecule has 0 aromatic heterocycles. The number of ether oxygens (including phenoxy) is 1. The number of nitrogens with zero attached hydrogens (tertiary/aromatic N) is 1.